The van der Waals surface area contributed by atoms with Gasteiger partial charge in [-0.25, -0.2) is 9.59 Å². The highest BCUT2D eigenvalue weighted by molar-refractivity contribution is 6.00. The molecule has 1 aromatic rings. The van der Waals surface area contributed by atoms with E-state index in [1.54, 1.807) is 184 Å². The van der Waals surface area contributed by atoms with Crippen molar-refractivity contribution in [2.45, 2.75) is 338 Å². The van der Waals surface area contributed by atoms with Gasteiger partial charge in [-0.1, -0.05) is 32.0 Å². The lowest BCUT2D eigenvalue weighted by Crippen LogP contribution is -2.63. The molecule has 1 aromatic carbocycles. The molecule has 0 fully saturated rings. The molecular formula is C76H128N10O23. The molecule has 10 amide bonds. The van der Waals surface area contributed by atoms with Gasteiger partial charge in [0.2, 0.25) is 53.2 Å². The Morgan fingerprint density at radius 3 is 1.04 bits per heavy atom. The Kier molecular flexibility index (Phi) is 38.0. The molecule has 0 heterocycles. The summed E-state index contributed by atoms with van der Waals surface area (Å²) in [6.45, 7) is 44.9. The monoisotopic (exact) mass is 1550 g/mol. The summed E-state index contributed by atoms with van der Waals surface area (Å²) in [5.41, 5.74) is -7.71. The summed E-state index contributed by atoms with van der Waals surface area (Å²) in [6, 6.07) is -8.15. The van der Waals surface area contributed by atoms with Crippen LogP contribution in [0.4, 0.5) is 4.79 Å². The van der Waals surface area contributed by atoms with Gasteiger partial charge in [-0.05, 0) is 211 Å². The van der Waals surface area contributed by atoms with E-state index in [0.29, 0.717) is 0 Å². The van der Waals surface area contributed by atoms with Crippen molar-refractivity contribution in [2.75, 3.05) is 19.8 Å². The Morgan fingerprint density at radius 1 is 0.321 bits per heavy atom. The van der Waals surface area contributed by atoms with Crippen molar-refractivity contribution in [2.24, 2.45) is 5.92 Å². The number of rotatable bonds is 37. The molecular weight excluding hydrogens is 1420 g/mol. The third kappa shape index (κ3) is 43.4. The first kappa shape index (κ1) is 98.4. The van der Waals surface area contributed by atoms with E-state index in [0.717, 1.165) is 0 Å². The average Bonchev–Trinajstić information content (AvgIpc) is 0.833. The topological polar surface area (TPSA) is 442 Å². The summed E-state index contributed by atoms with van der Waals surface area (Å²) in [4.78, 5) is 196. The van der Waals surface area contributed by atoms with Gasteiger partial charge in [-0.15, -0.1) is 0 Å². The van der Waals surface area contributed by atoms with E-state index in [1.807, 2.05) is 0 Å². The minimum atomic E-state index is -1.88. The van der Waals surface area contributed by atoms with Gasteiger partial charge in [-0.3, -0.25) is 57.5 Å². The maximum absolute atomic E-state index is 15.0. The number of hydrogen-bond donors (Lipinski definition) is 10. The minimum absolute atomic E-state index is 0.130. The molecule has 0 bridgehead atoms. The third-order valence-corrected chi connectivity index (χ3v) is 14.1. The van der Waals surface area contributed by atoms with Gasteiger partial charge in [0.25, 0.3) is 0 Å². The maximum Gasteiger partial charge on any atom is 0.408 e. The lowest BCUT2D eigenvalue weighted by atomic mass is 10.0. The Balaban J connectivity index is 3.82. The van der Waals surface area contributed by atoms with Crippen LogP contribution in [0, 0.1) is 5.92 Å². The van der Waals surface area contributed by atoms with Gasteiger partial charge in [0.15, 0.2) is 0 Å². The smallest absolute Gasteiger partial charge is 0.408 e. The largest absolute Gasteiger partial charge is 0.460 e. The maximum atomic E-state index is 15.0. The molecule has 0 aromatic heterocycles. The number of ether oxygens (including phenoxy) is 9. The van der Waals surface area contributed by atoms with Crippen LogP contribution in [0.2, 0.25) is 0 Å². The number of alkyl carbamates (subject to hydrolysis) is 1. The second-order valence-corrected chi connectivity index (χ2v) is 34.8. The number of para-hydroxylation sites is 1. The first-order chi connectivity index (χ1) is 49.3. The summed E-state index contributed by atoms with van der Waals surface area (Å²) in [5.74, 6) is -13.4. The van der Waals surface area contributed by atoms with Crippen LogP contribution in [-0.4, -0.2) is 214 Å². The zero-order chi connectivity index (χ0) is 84.5. The van der Waals surface area contributed by atoms with Crippen molar-refractivity contribution < 1.29 is 110 Å². The van der Waals surface area contributed by atoms with Crippen LogP contribution >= 0.6 is 0 Å². The van der Waals surface area contributed by atoms with Crippen molar-refractivity contribution in [3.63, 3.8) is 0 Å². The van der Waals surface area contributed by atoms with E-state index in [2.05, 4.69) is 53.2 Å². The number of nitrogens with one attached hydrogen (secondary N) is 10. The van der Waals surface area contributed by atoms with Crippen molar-refractivity contribution in [3.05, 3.63) is 30.3 Å². The van der Waals surface area contributed by atoms with Crippen molar-refractivity contribution in [1.82, 2.24) is 53.2 Å². The number of carbonyl (C=O) groups is 14. The van der Waals surface area contributed by atoms with Gasteiger partial charge in [0.1, 0.15) is 88.6 Å². The molecule has 1 rings (SSSR count). The molecule has 0 spiro atoms. The second-order valence-electron chi connectivity index (χ2n) is 34.8. The van der Waals surface area contributed by atoms with Crippen LogP contribution in [0.25, 0.3) is 0 Å². The predicted molar refractivity (Wildman–Crippen MR) is 402 cm³/mol. The fourth-order valence-corrected chi connectivity index (χ4v) is 9.31. The van der Waals surface area contributed by atoms with Gasteiger partial charge >= 0.3 is 30.0 Å². The average molecular weight is 1550 g/mol. The number of amides is 10. The van der Waals surface area contributed by atoms with Crippen LogP contribution in [0.1, 0.15) is 226 Å². The Hall–Kier alpha value is -8.56. The highest BCUT2D eigenvalue weighted by atomic mass is 16.6. The van der Waals surface area contributed by atoms with E-state index < -0.39 is 233 Å². The molecule has 109 heavy (non-hydrogen) atoms. The third-order valence-electron chi connectivity index (χ3n) is 14.1. The van der Waals surface area contributed by atoms with E-state index in [4.69, 9.17) is 42.6 Å². The zero-order valence-corrected chi connectivity index (χ0v) is 69.7. The quantitative estimate of drug-likeness (QED) is 0.0243. The summed E-state index contributed by atoms with van der Waals surface area (Å²) < 4.78 is 51.5. The molecule has 33 nitrogen and oxygen atoms in total. The van der Waals surface area contributed by atoms with Crippen LogP contribution in [-0.2, 0) is 100 Å². The number of esters is 4. The second kappa shape index (κ2) is 42.0. The van der Waals surface area contributed by atoms with Crippen LogP contribution < -0.4 is 57.9 Å². The van der Waals surface area contributed by atoms with Crippen LogP contribution in [0.15, 0.2) is 30.3 Å². The molecule has 0 aliphatic rings. The molecule has 0 radical (unpaired) electrons. The molecule has 620 valence electrons. The van der Waals surface area contributed by atoms with Crippen molar-refractivity contribution >= 4 is 83.1 Å². The van der Waals surface area contributed by atoms with E-state index in [1.165, 1.54) is 46.8 Å². The summed E-state index contributed by atoms with van der Waals surface area (Å²) in [5, 5.41) is 25.2. The molecule has 0 aliphatic carbocycles. The van der Waals surface area contributed by atoms with Crippen molar-refractivity contribution in [1.29, 1.82) is 0 Å². The number of hydrogen-bond acceptors (Lipinski definition) is 23. The normalized spacial score (nSPS) is 15.4. The lowest BCUT2D eigenvalue weighted by molar-refractivity contribution is -0.157. The van der Waals surface area contributed by atoms with Crippen LogP contribution in [0.3, 0.4) is 0 Å². The fourth-order valence-electron chi connectivity index (χ4n) is 9.31. The van der Waals surface area contributed by atoms with Crippen molar-refractivity contribution in [3.8, 4) is 5.75 Å². The van der Waals surface area contributed by atoms with Crippen LogP contribution in [0.5, 0.6) is 5.75 Å². The van der Waals surface area contributed by atoms with Gasteiger partial charge in [0, 0.05) is 6.42 Å². The summed E-state index contributed by atoms with van der Waals surface area (Å²) in [7, 11) is 0. The van der Waals surface area contributed by atoms with E-state index >= 15 is 4.79 Å². The summed E-state index contributed by atoms with van der Waals surface area (Å²) in [6.07, 6.45) is -4.52. The minimum Gasteiger partial charge on any atom is -0.460 e. The molecule has 10 N–H and O–H groups in total. The first-order valence-corrected chi connectivity index (χ1v) is 36.6. The molecule has 11 atom stereocenters. The Morgan fingerprint density at radius 2 is 0.642 bits per heavy atom. The van der Waals surface area contributed by atoms with Gasteiger partial charge in [0.05, 0.1) is 61.2 Å². The van der Waals surface area contributed by atoms with E-state index in [-0.39, 0.29) is 18.6 Å². The molecule has 33 heteroatoms. The first-order valence-electron chi connectivity index (χ1n) is 36.6. The molecule has 0 aliphatic heterocycles. The lowest BCUT2D eigenvalue weighted by Gasteiger charge is -2.33. The standard InChI is InChI=1S/C76H128N10O23/c1-42(2)56(85-59(91)44(4)77-58(90)43(3)78-60(92)48(37-54(88)107-74(21,22)23)80-64(96)52(41-103-71(12,13)14)84-68(100)109-76(27,28)29)65(97)81-49(38-55(89)108-75(24,25)26)61(93)86-57(45(5)105-72(15,16)17)66(98)83-51(40-102-70(9,10)11)63(95)82-50(39-101-69(6,7)8)62(94)79-47(35-36-53(87)106-73(18,19)20)67(99)104-46-33-31-30-32-34-46/h30-34,42-45,47-52,56-57H,35-41H2,1-29H3,(H,77,90)(H,78,92)(H,79,94)(H,80,96)(H,81,97)(H,82,95)(H,83,98)(H,84,100)(H,85,91)(H,86,93)/t43-,44-,45+,47-,48-,49-,50-,51-,52-,56-,57-/m0/s1. The molecule has 0 saturated heterocycles. The van der Waals surface area contributed by atoms with Gasteiger partial charge < -0.3 is 95.8 Å². The Bertz CT molecular complexity index is 3250. The highest BCUT2D eigenvalue weighted by Gasteiger charge is 2.41. The number of carbonyl (C=O) groups excluding carboxylic acids is 14. The zero-order valence-electron chi connectivity index (χ0n) is 69.7. The summed E-state index contributed by atoms with van der Waals surface area (Å²) >= 11 is 0. The fraction of sp³-hybridized carbons (Fsp3) is 0.737. The van der Waals surface area contributed by atoms with E-state index in [9.17, 15) is 62.3 Å². The molecule has 0 saturated carbocycles. The predicted octanol–water partition coefficient (Wildman–Crippen LogP) is 4.78. The number of benzene rings is 1. The van der Waals surface area contributed by atoms with Gasteiger partial charge in [-0.2, -0.15) is 0 Å². The Labute approximate surface area is 643 Å². The molecule has 0 unspecified atom stereocenters. The SMILES string of the molecule is CC(C)[C@H](NC(=O)[C@H](C)NC(=O)[C@H](C)NC(=O)[C@H](CC(=O)OC(C)(C)C)NC(=O)[C@H](COC(C)(C)C)NC(=O)OC(C)(C)C)C(=O)N[C@@H](CC(=O)OC(C)(C)C)C(=O)N[C@H](C(=O)N[C@@H](COC(C)(C)C)C(=O)N[C@@H](COC(C)(C)C)C(=O)N[C@@H](CCC(=O)OC(C)(C)C)C(=O)Oc1ccccc1)[C@@H](C)OC(C)(C)C. The highest BCUT2D eigenvalue weighted by Crippen LogP contribution is 2.20.